The summed E-state index contributed by atoms with van der Waals surface area (Å²) >= 11 is 3.30. The van der Waals surface area contributed by atoms with Crippen molar-refractivity contribution < 1.29 is 13.2 Å². The van der Waals surface area contributed by atoms with Gasteiger partial charge in [-0.3, -0.25) is 4.79 Å². The van der Waals surface area contributed by atoms with Crippen molar-refractivity contribution in [2.45, 2.75) is 36.6 Å². The van der Waals surface area contributed by atoms with E-state index in [-0.39, 0.29) is 23.3 Å². The third kappa shape index (κ3) is 3.52. The Morgan fingerprint density at radius 3 is 2.50 bits per heavy atom. The van der Waals surface area contributed by atoms with Gasteiger partial charge in [-0.05, 0) is 49.9 Å². The van der Waals surface area contributed by atoms with E-state index in [1.54, 1.807) is 24.3 Å². The van der Waals surface area contributed by atoms with Gasteiger partial charge in [0.15, 0.2) is 0 Å². The van der Waals surface area contributed by atoms with Gasteiger partial charge in [0.2, 0.25) is 15.9 Å². The maximum absolute atomic E-state index is 12.7. The zero-order valence-corrected chi connectivity index (χ0v) is 14.6. The van der Waals surface area contributed by atoms with E-state index in [2.05, 4.69) is 21.2 Å². The van der Waals surface area contributed by atoms with E-state index in [1.807, 2.05) is 0 Å². The minimum Gasteiger partial charge on any atom is -0.353 e. The molecule has 1 saturated carbocycles. The number of nitrogens with one attached hydrogen (secondary N) is 1. The van der Waals surface area contributed by atoms with Crippen LogP contribution in [-0.4, -0.2) is 37.8 Å². The number of hydrogen-bond donors (Lipinski definition) is 1. The van der Waals surface area contributed by atoms with Gasteiger partial charge < -0.3 is 5.32 Å². The molecule has 2 aliphatic rings. The highest BCUT2D eigenvalue weighted by atomic mass is 79.9. The van der Waals surface area contributed by atoms with Crippen LogP contribution >= 0.6 is 15.9 Å². The van der Waals surface area contributed by atoms with Crippen molar-refractivity contribution in [1.82, 2.24) is 9.62 Å². The Morgan fingerprint density at radius 1 is 1.18 bits per heavy atom. The maximum Gasteiger partial charge on any atom is 0.243 e. The Kier molecular flexibility index (Phi) is 4.56. The zero-order chi connectivity index (χ0) is 15.7. The minimum absolute atomic E-state index is 0.00166. The fraction of sp³-hybridized carbons (Fsp3) is 0.533. The molecule has 1 aliphatic heterocycles. The first kappa shape index (κ1) is 16.0. The van der Waals surface area contributed by atoms with Crippen LogP contribution < -0.4 is 5.32 Å². The van der Waals surface area contributed by atoms with E-state index in [4.69, 9.17) is 0 Å². The molecule has 1 aliphatic carbocycles. The van der Waals surface area contributed by atoms with Gasteiger partial charge in [0.25, 0.3) is 0 Å². The van der Waals surface area contributed by atoms with Gasteiger partial charge in [-0.15, -0.1) is 0 Å². The number of sulfonamides is 1. The summed E-state index contributed by atoms with van der Waals surface area (Å²) in [6, 6.07) is 6.92. The number of halogens is 1. The molecule has 1 atom stereocenters. The molecule has 1 aromatic carbocycles. The van der Waals surface area contributed by atoms with E-state index in [0.29, 0.717) is 12.6 Å². The van der Waals surface area contributed by atoms with Crippen LogP contribution in [0.25, 0.3) is 0 Å². The molecule has 1 unspecified atom stereocenters. The monoisotopic (exact) mass is 386 g/mol. The molecule has 22 heavy (non-hydrogen) atoms. The predicted molar refractivity (Wildman–Crippen MR) is 86.8 cm³/mol. The number of carbonyl (C=O) groups excluding carboxylic acids is 1. The zero-order valence-electron chi connectivity index (χ0n) is 12.2. The molecule has 1 N–H and O–H groups in total. The topological polar surface area (TPSA) is 66.5 Å². The Hall–Kier alpha value is -0.920. The molecule has 3 rings (SSSR count). The Bertz CT molecular complexity index is 656. The number of nitrogens with zero attached hydrogens (tertiary/aromatic N) is 1. The van der Waals surface area contributed by atoms with Crippen molar-refractivity contribution in [3.8, 4) is 0 Å². The van der Waals surface area contributed by atoms with E-state index >= 15 is 0 Å². The summed E-state index contributed by atoms with van der Waals surface area (Å²) in [5, 5.41) is 2.98. The standard InChI is InChI=1S/C15H19BrN2O3S/c16-12-3-7-14(8-4-12)22(20,21)18-9-1-2-11(10-18)15(19)17-13-5-6-13/h3-4,7-8,11,13H,1-2,5-6,9-10H2,(H,17,19). The number of rotatable bonds is 4. The average molecular weight is 387 g/mol. The highest BCUT2D eigenvalue weighted by molar-refractivity contribution is 9.10. The lowest BCUT2D eigenvalue weighted by molar-refractivity contribution is -0.126. The molecular formula is C15H19BrN2O3S. The summed E-state index contributed by atoms with van der Waals surface area (Å²) in [6.07, 6.45) is 3.56. The van der Waals surface area contributed by atoms with Gasteiger partial charge in [0.1, 0.15) is 0 Å². The number of piperidine rings is 1. The van der Waals surface area contributed by atoms with E-state index in [1.165, 1.54) is 4.31 Å². The summed E-state index contributed by atoms with van der Waals surface area (Å²) in [7, 11) is -3.53. The van der Waals surface area contributed by atoms with E-state index in [9.17, 15) is 13.2 Å². The van der Waals surface area contributed by atoms with Crippen LogP contribution in [0.4, 0.5) is 0 Å². The summed E-state index contributed by atoms with van der Waals surface area (Å²) in [4.78, 5) is 12.4. The molecule has 0 spiro atoms. The molecule has 0 radical (unpaired) electrons. The van der Waals surface area contributed by atoms with Crippen molar-refractivity contribution in [2.75, 3.05) is 13.1 Å². The second-order valence-electron chi connectivity index (χ2n) is 5.94. The Morgan fingerprint density at radius 2 is 1.86 bits per heavy atom. The molecule has 0 aromatic heterocycles. The van der Waals surface area contributed by atoms with Gasteiger partial charge in [0.05, 0.1) is 10.8 Å². The van der Waals surface area contributed by atoms with Gasteiger partial charge >= 0.3 is 0 Å². The van der Waals surface area contributed by atoms with Crippen LogP contribution in [0.15, 0.2) is 33.6 Å². The summed E-state index contributed by atoms with van der Waals surface area (Å²) < 4.78 is 27.6. The van der Waals surface area contributed by atoms with Crippen molar-refractivity contribution in [3.63, 3.8) is 0 Å². The van der Waals surface area contributed by atoms with Gasteiger partial charge in [-0.1, -0.05) is 15.9 Å². The summed E-state index contributed by atoms with van der Waals surface area (Å²) in [5.41, 5.74) is 0. The summed E-state index contributed by atoms with van der Waals surface area (Å²) in [5.74, 6) is -0.238. The molecule has 120 valence electrons. The molecule has 7 heteroatoms. The fourth-order valence-electron chi connectivity index (χ4n) is 2.68. The quantitative estimate of drug-likeness (QED) is 0.861. The third-order valence-corrected chi connectivity index (χ3v) is 6.54. The molecule has 1 heterocycles. The van der Waals surface area contributed by atoms with Crippen LogP contribution in [0.1, 0.15) is 25.7 Å². The lowest BCUT2D eigenvalue weighted by atomic mass is 9.99. The molecule has 1 amide bonds. The first-order chi connectivity index (χ1) is 10.5. The SMILES string of the molecule is O=C(NC1CC1)C1CCCN(S(=O)(=O)c2ccc(Br)cc2)C1. The molecule has 5 nitrogen and oxygen atoms in total. The highest BCUT2D eigenvalue weighted by Crippen LogP contribution is 2.26. The van der Waals surface area contributed by atoms with Crippen LogP contribution in [0, 0.1) is 5.92 Å². The van der Waals surface area contributed by atoms with Crippen molar-refractivity contribution in [3.05, 3.63) is 28.7 Å². The first-order valence-electron chi connectivity index (χ1n) is 7.53. The third-order valence-electron chi connectivity index (χ3n) is 4.13. The maximum atomic E-state index is 12.7. The van der Waals surface area contributed by atoms with Crippen LogP contribution in [0.3, 0.4) is 0 Å². The number of benzene rings is 1. The second-order valence-corrected chi connectivity index (χ2v) is 8.79. The van der Waals surface area contributed by atoms with Gasteiger partial charge in [-0.2, -0.15) is 4.31 Å². The first-order valence-corrected chi connectivity index (χ1v) is 9.76. The fourth-order valence-corrected chi connectivity index (χ4v) is 4.47. The van der Waals surface area contributed by atoms with E-state index in [0.717, 1.165) is 30.2 Å². The largest absolute Gasteiger partial charge is 0.353 e. The lowest BCUT2D eigenvalue weighted by Gasteiger charge is -2.31. The summed E-state index contributed by atoms with van der Waals surface area (Å²) in [6.45, 7) is 0.753. The predicted octanol–water partition coefficient (Wildman–Crippen LogP) is 2.13. The molecule has 2 fully saturated rings. The molecule has 1 aromatic rings. The van der Waals surface area contributed by atoms with Gasteiger partial charge in [-0.25, -0.2) is 8.42 Å². The van der Waals surface area contributed by atoms with Crippen LogP contribution in [0.5, 0.6) is 0 Å². The normalized spacial score (nSPS) is 23.2. The van der Waals surface area contributed by atoms with Crippen LogP contribution in [0.2, 0.25) is 0 Å². The molecule has 1 saturated heterocycles. The Labute approximate surface area is 139 Å². The second kappa shape index (κ2) is 6.29. The van der Waals surface area contributed by atoms with Crippen molar-refractivity contribution in [1.29, 1.82) is 0 Å². The number of hydrogen-bond acceptors (Lipinski definition) is 3. The number of amides is 1. The smallest absolute Gasteiger partial charge is 0.243 e. The highest BCUT2D eigenvalue weighted by Gasteiger charge is 2.35. The average Bonchev–Trinajstić information content (AvgIpc) is 3.32. The van der Waals surface area contributed by atoms with Crippen molar-refractivity contribution in [2.24, 2.45) is 5.92 Å². The molecule has 0 bridgehead atoms. The minimum atomic E-state index is -3.53. The van der Waals surface area contributed by atoms with E-state index < -0.39 is 10.0 Å². The van der Waals surface area contributed by atoms with Crippen LogP contribution in [-0.2, 0) is 14.8 Å². The lowest BCUT2D eigenvalue weighted by Crippen LogP contribution is -2.45. The Balaban J connectivity index is 1.72. The molecular weight excluding hydrogens is 368 g/mol. The van der Waals surface area contributed by atoms with Crippen molar-refractivity contribution >= 4 is 31.9 Å². The number of carbonyl (C=O) groups is 1. The van der Waals surface area contributed by atoms with Gasteiger partial charge in [0, 0.05) is 23.6 Å².